The Balaban J connectivity index is 1.94. The molecule has 0 aromatic heterocycles. The van der Waals surface area contributed by atoms with Crippen LogP contribution in [0.3, 0.4) is 0 Å². The van der Waals surface area contributed by atoms with Gasteiger partial charge in [0, 0.05) is 6.42 Å². The van der Waals surface area contributed by atoms with Crippen molar-refractivity contribution in [2.24, 2.45) is 5.92 Å². The summed E-state index contributed by atoms with van der Waals surface area (Å²) in [6, 6.07) is 7.77. The fourth-order valence-electron chi connectivity index (χ4n) is 2.97. The molecule has 0 radical (unpaired) electrons. The summed E-state index contributed by atoms with van der Waals surface area (Å²) in [6.45, 7) is 4.28. The lowest BCUT2D eigenvalue weighted by Gasteiger charge is -2.17. The molecule has 0 spiro atoms. The van der Waals surface area contributed by atoms with Crippen LogP contribution in [0.2, 0.25) is 0 Å². The van der Waals surface area contributed by atoms with Crippen LogP contribution in [-0.2, 0) is 4.79 Å². The van der Waals surface area contributed by atoms with Crippen LogP contribution in [0, 0.1) is 5.92 Å². The Labute approximate surface area is 128 Å². The van der Waals surface area contributed by atoms with Gasteiger partial charge in [-0.25, -0.2) is 0 Å². The van der Waals surface area contributed by atoms with E-state index >= 15 is 0 Å². The summed E-state index contributed by atoms with van der Waals surface area (Å²) in [6.07, 6.45) is 7.82. The minimum Gasteiger partial charge on any atom is -0.488 e. The van der Waals surface area contributed by atoms with Crippen molar-refractivity contribution in [3.05, 3.63) is 24.3 Å². The van der Waals surface area contributed by atoms with Gasteiger partial charge >= 0.3 is 0 Å². The van der Waals surface area contributed by atoms with Gasteiger partial charge in [-0.3, -0.25) is 4.79 Å². The molecular weight excluding hydrogens is 262 g/mol. The largest absolute Gasteiger partial charge is 0.488 e. The monoisotopic (exact) mass is 289 g/mol. The first-order valence-electron chi connectivity index (χ1n) is 8.24. The molecule has 1 aromatic carbocycles. The van der Waals surface area contributed by atoms with E-state index < -0.39 is 0 Å². The molecule has 0 aliphatic heterocycles. The molecule has 1 atom stereocenters. The zero-order chi connectivity index (χ0) is 15.1. The summed E-state index contributed by atoms with van der Waals surface area (Å²) in [4.78, 5) is 12.1. The molecule has 1 fully saturated rings. The standard InChI is InChI=1S/C18H27NO2/c1-3-8-14(2)13-18(20)19-16-11-6-7-12-17(16)21-15-9-4-5-10-15/h6-7,11-12,14-15H,3-5,8-10,13H2,1-2H3,(H,19,20). The molecule has 0 saturated heterocycles. The molecule has 3 nitrogen and oxygen atoms in total. The molecule has 0 heterocycles. The van der Waals surface area contributed by atoms with E-state index in [4.69, 9.17) is 4.74 Å². The van der Waals surface area contributed by atoms with Gasteiger partial charge in [0.25, 0.3) is 0 Å². The lowest BCUT2D eigenvalue weighted by Crippen LogP contribution is -2.17. The van der Waals surface area contributed by atoms with Gasteiger partial charge in [0.2, 0.25) is 5.91 Å². The normalized spacial score (nSPS) is 16.7. The number of amides is 1. The van der Waals surface area contributed by atoms with Crippen LogP contribution in [-0.4, -0.2) is 12.0 Å². The molecule has 1 aromatic rings. The zero-order valence-electron chi connectivity index (χ0n) is 13.2. The van der Waals surface area contributed by atoms with Crippen molar-refractivity contribution in [2.75, 3.05) is 5.32 Å². The molecule has 3 heteroatoms. The summed E-state index contributed by atoms with van der Waals surface area (Å²) < 4.78 is 6.05. The second kappa shape index (κ2) is 8.06. The van der Waals surface area contributed by atoms with Gasteiger partial charge in [0.15, 0.2) is 0 Å². The quantitative estimate of drug-likeness (QED) is 0.785. The third kappa shape index (κ3) is 5.07. The topological polar surface area (TPSA) is 38.3 Å². The Morgan fingerprint density at radius 1 is 1.33 bits per heavy atom. The van der Waals surface area contributed by atoms with E-state index in [1.807, 2.05) is 24.3 Å². The van der Waals surface area contributed by atoms with E-state index in [1.54, 1.807) is 0 Å². The van der Waals surface area contributed by atoms with Crippen molar-refractivity contribution in [1.82, 2.24) is 0 Å². The Kier molecular flexibility index (Phi) is 6.09. The molecule has 0 bridgehead atoms. The van der Waals surface area contributed by atoms with Gasteiger partial charge in [-0.2, -0.15) is 0 Å². The van der Waals surface area contributed by atoms with Gasteiger partial charge in [0.1, 0.15) is 5.75 Å². The number of ether oxygens (including phenoxy) is 1. The predicted octanol–water partition coefficient (Wildman–Crippen LogP) is 4.77. The van der Waals surface area contributed by atoms with Gasteiger partial charge in [0.05, 0.1) is 11.8 Å². The molecule has 1 aliphatic carbocycles. The Morgan fingerprint density at radius 2 is 2.05 bits per heavy atom. The van der Waals surface area contributed by atoms with Crippen LogP contribution >= 0.6 is 0 Å². The number of nitrogens with one attached hydrogen (secondary N) is 1. The molecule has 2 rings (SSSR count). The van der Waals surface area contributed by atoms with E-state index in [2.05, 4.69) is 19.2 Å². The summed E-state index contributed by atoms with van der Waals surface area (Å²) in [5.74, 6) is 1.32. The number of anilines is 1. The summed E-state index contributed by atoms with van der Waals surface area (Å²) in [5, 5.41) is 3.01. The van der Waals surface area contributed by atoms with Crippen LogP contribution in [0.5, 0.6) is 5.75 Å². The maximum Gasteiger partial charge on any atom is 0.224 e. The first-order valence-corrected chi connectivity index (χ1v) is 8.24. The molecular formula is C18H27NO2. The van der Waals surface area contributed by atoms with Gasteiger partial charge in [-0.1, -0.05) is 38.8 Å². The van der Waals surface area contributed by atoms with Crippen LogP contribution in [0.4, 0.5) is 5.69 Å². The van der Waals surface area contributed by atoms with Crippen LogP contribution in [0.1, 0.15) is 58.8 Å². The number of benzene rings is 1. The highest BCUT2D eigenvalue weighted by Crippen LogP contribution is 2.30. The van der Waals surface area contributed by atoms with E-state index in [0.717, 1.165) is 37.1 Å². The molecule has 1 aliphatic rings. The number of carbonyl (C=O) groups is 1. The number of hydrogen-bond acceptors (Lipinski definition) is 2. The Bertz CT molecular complexity index is 452. The maximum absolute atomic E-state index is 12.1. The summed E-state index contributed by atoms with van der Waals surface area (Å²) >= 11 is 0. The van der Waals surface area contributed by atoms with Crippen molar-refractivity contribution >= 4 is 11.6 Å². The minimum absolute atomic E-state index is 0.0819. The van der Waals surface area contributed by atoms with E-state index in [9.17, 15) is 4.79 Å². The van der Waals surface area contributed by atoms with Crippen LogP contribution in [0.15, 0.2) is 24.3 Å². The lowest BCUT2D eigenvalue weighted by molar-refractivity contribution is -0.117. The van der Waals surface area contributed by atoms with Crippen molar-refractivity contribution < 1.29 is 9.53 Å². The molecule has 1 saturated carbocycles. The van der Waals surface area contributed by atoms with Crippen molar-refractivity contribution in [1.29, 1.82) is 0 Å². The number of para-hydroxylation sites is 2. The van der Waals surface area contributed by atoms with Crippen LogP contribution in [0.25, 0.3) is 0 Å². The molecule has 1 N–H and O–H groups in total. The van der Waals surface area contributed by atoms with E-state index in [-0.39, 0.29) is 5.91 Å². The smallest absolute Gasteiger partial charge is 0.224 e. The Hall–Kier alpha value is -1.51. The number of carbonyl (C=O) groups excluding carboxylic acids is 1. The fraction of sp³-hybridized carbons (Fsp3) is 0.611. The summed E-state index contributed by atoms with van der Waals surface area (Å²) in [5.41, 5.74) is 0.804. The number of hydrogen-bond donors (Lipinski definition) is 1. The zero-order valence-corrected chi connectivity index (χ0v) is 13.2. The average Bonchev–Trinajstić information content (AvgIpc) is 2.94. The van der Waals surface area contributed by atoms with Crippen molar-refractivity contribution in [3.63, 3.8) is 0 Å². The molecule has 21 heavy (non-hydrogen) atoms. The number of rotatable bonds is 7. The maximum atomic E-state index is 12.1. The SMILES string of the molecule is CCCC(C)CC(=O)Nc1ccccc1OC1CCCC1. The predicted molar refractivity (Wildman–Crippen MR) is 86.6 cm³/mol. The first kappa shape index (κ1) is 15.9. The highest BCUT2D eigenvalue weighted by Gasteiger charge is 2.18. The molecule has 1 unspecified atom stereocenters. The molecule has 1 amide bonds. The third-order valence-corrected chi connectivity index (χ3v) is 4.07. The second-order valence-electron chi connectivity index (χ2n) is 6.17. The van der Waals surface area contributed by atoms with Gasteiger partial charge in [-0.15, -0.1) is 0 Å². The van der Waals surface area contributed by atoms with Crippen molar-refractivity contribution in [3.8, 4) is 5.75 Å². The van der Waals surface area contributed by atoms with Gasteiger partial charge < -0.3 is 10.1 Å². The first-order chi connectivity index (χ1) is 10.2. The highest BCUT2D eigenvalue weighted by molar-refractivity contribution is 5.92. The lowest BCUT2D eigenvalue weighted by atomic mass is 10.0. The Morgan fingerprint density at radius 3 is 2.76 bits per heavy atom. The van der Waals surface area contributed by atoms with E-state index in [1.165, 1.54) is 12.8 Å². The summed E-state index contributed by atoms with van der Waals surface area (Å²) in [7, 11) is 0. The third-order valence-electron chi connectivity index (χ3n) is 4.07. The average molecular weight is 289 g/mol. The van der Waals surface area contributed by atoms with E-state index in [0.29, 0.717) is 18.4 Å². The highest BCUT2D eigenvalue weighted by atomic mass is 16.5. The minimum atomic E-state index is 0.0819. The molecule has 116 valence electrons. The van der Waals surface area contributed by atoms with Gasteiger partial charge in [-0.05, 0) is 43.7 Å². The fourth-order valence-corrected chi connectivity index (χ4v) is 2.97. The second-order valence-corrected chi connectivity index (χ2v) is 6.17. The van der Waals surface area contributed by atoms with Crippen LogP contribution < -0.4 is 10.1 Å². The van der Waals surface area contributed by atoms with Crippen molar-refractivity contribution in [2.45, 2.75) is 64.9 Å².